The van der Waals surface area contributed by atoms with Gasteiger partial charge in [0.2, 0.25) is 0 Å². The van der Waals surface area contributed by atoms with Crippen LogP contribution in [0.1, 0.15) is 12.8 Å². The first-order valence-electron chi connectivity index (χ1n) is 4.93. The van der Waals surface area contributed by atoms with Crippen molar-refractivity contribution in [1.29, 1.82) is 0 Å². The number of hydrogen-bond donors (Lipinski definition) is 1. The van der Waals surface area contributed by atoms with E-state index in [1.54, 1.807) is 0 Å². The Morgan fingerprint density at radius 2 is 1.85 bits per heavy atom. The second-order valence-corrected chi connectivity index (χ2v) is 4.31. The third-order valence-electron chi connectivity index (χ3n) is 3.12. The molecule has 0 aromatic carbocycles. The summed E-state index contributed by atoms with van der Waals surface area (Å²) in [5.41, 5.74) is 0. The molecule has 0 bridgehead atoms. The molecule has 72 valence electrons. The fraction of sp³-hybridized carbons (Fsp3) is 0.700. The van der Waals surface area contributed by atoms with E-state index in [0.29, 0.717) is 0 Å². The normalized spacial score (nSPS) is 31.6. The van der Waals surface area contributed by atoms with Gasteiger partial charge in [0.15, 0.2) is 5.11 Å². The topological polar surface area (TPSA) is 15.3 Å². The van der Waals surface area contributed by atoms with E-state index < -0.39 is 0 Å². The van der Waals surface area contributed by atoms with Gasteiger partial charge in [0, 0.05) is 20.1 Å². The van der Waals surface area contributed by atoms with Crippen molar-refractivity contribution in [2.75, 3.05) is 20.1 Å². The lowest BCUT2D eigenvalue weighted by atomic mass is 9.86. The number of rotatable bonds is 0. The maximum Gasteiger partial charge on any atom is 0.168 e. The van der Waals surface area contributed by atoms with Crippen LogP contribution in [-0.4, -0.2) is 30.1 Å². The first kappa shape index (κ1) is 9.00. The van der Waals surface area contributed by atoms with E-state index in [-0.39, 0.29) is 0 Å². The highest BCUT2D eigenvalue weighted by Gasteiger charge is 2.33. The van der Waals surface area contributed by atoms with Crippen LogP contribution in [0.5, 0.6) is 0 Å². The standard InChI is InChI=1S/C10H16N2S/c1-11-10(13)12-6-8-4-2-3-5-9(8)7-12/h2-3,8-9H,4-7H2,1H3,(H,11,13). The smallest absolute Gasteiger partial charge is 0.168 e. The molecule has 0 aromatic heterocycles. The van der Waals surface area contributed by atoms with E-state index in [1.807, 2.05) is 7.05 Å². The Kier molecular flexibility index (Phi) is 2.54. The monoisotopic (exact) mass is 196 g/mol. The zero-order valence-electron chi connectivity index (χ0n) is 7.99. The molecule has 13 heavy (non-hydrogen) atoms. The van der Waals surface area contributed by atoms with Gasteiger partial charge in [-0.15, -0.1) is 0 Å². The summed E-state index contributed by atoms with van der Waals surface area (Å²) in [6, 6.07) is 0. The van der Waals surface area contributed by atoms with Gasteiger partial charge in [-0.1, -0.05) is 12.2 Å². The molecule has 2 nitrogen and oxygen atoms in total. The van der Waals surface area contributed by atoms with E-state index in [1.165, 1.54) is 12.8 Å². The second kappa shape index (κ2) is 3.66. The van der Waals surface area contributed by atoms with Crippen LogP contribution < -0.4 is 5.32 Å². The number of likely N-dealkylation sites (tertiary alicyclic amines) is 1. The molecule has 2 atom stereocenters. The summed E-state index contributed by atoms with van der Waals surface area (Å²) in [6.45, 7) is 2.30. The van der Waals surface area contributed by atoms with Crippen LogP contribution in [0.3, 0.4) is 0 Å². The lowest BCUT2D eigenvalue weighted by Crippen LogP contribution is -2.36. The Bertz CT molecular complexity index is 221. The molecule has 3 heteroatoms. The molecular weight excluding hydrogens is 180 g/mol. The molecule has 2 unspecified atom stereocenters. The highest BCUT2D eigenvalue weighted by molar-refractivity contribution is 7.80. The number of nitrogens with one attached hydrogen (secondary N) is 1. The van der Waals surface area contributed by atoms with Gasteiger partial charge in [-0.2, -0.15) is 0 Å². The third kappa shape index (κ3) is 1.70. The first-order valence-corrected chi connectivity index (χ1v) is 5.33. The number of hydrogen-bond acceptors (Lipinski definition) is 1. The van der Waals surface area contributed by atoms with Gasteiger partial charge in [0.25, 0.3) is 0 Å². The van der Waals surface area contributed by atoms with Crippen molar-refractivity contribution >= 4 is 17.3 Å². The first-order chi connectivity index (χ1) is 6.31. The van der Waals surface area contributed by atoms with Crippen LogP contribution in [-0.2, 0) is 0 Å². The molecule has 2 rings (SSSR count). The fourth-order valence-corrected chi connectivity index (χ4v) is 2.49. The molecule has 1 aliphatic heterocycles. The van der Waals surface area contributed by atoms with E-state index in [4.69, 9.17) is 12.2 Å². The molecule has 0 saturated carbocycles. The SMILES string of the molecule is CNC(=S)N1CC2CC=CCC2C1. The summed E-state index contributed by atoms with van der Waals surface area (Å²) in [5, 5.41) is 3.97. The number of allylic oxidation sites excluding steroid dienone is 2. The zero-order valence-corrected chi connectivity index (χ0v) is 8.81. The van der Waals surface area contributed by atoms with Gasteiger partial charge >= 0.3 is 0 Å². The van der Waals surface area contributed by atoms with E-state index in [2.05, 4.69) is 22.4 Å². The van der Waals surface area contributed by atoms with Crippen molar-refractivity contribution < 1.29 is 0 Å². The summed E-state index contributed by atoms with van der Waals surface area (Å²) in [6.07, 6.45) is 7.11. The van der Waals surface area contributed by atoms with Gasteiger partial charge in [0.1, 0.15) is 0 Å². The quantitative estimate of drug-likeness (QED) is 0.465. The van der Waals surface area contributed by atoms with Gasteiger partial charge in [0.05, 0.1) is 0 Å². The molecule has 0 amide bonds. The minimum absolute atomic E-state index is 0.844. The molecule has 1 N–H and O–H groups in total. The molecule has 1 heterocycles. The Labute approximate surface area is 85.0 Å². The number of fused-ring (bicyclic) bond motifs is 1. The zero-order chi connectivity index (χ0) is 9.26. The summed E-state index contributed by atoms with van der Waals surface area (Å²) in [5.74, 6) is 1.69. The van der Waals surface area contributed by atoms with E-state index >= 15 is 0 Å². The maximum atomic E-state index is 5.23. The molecule has 0 radical (unpaired) electrons. The molecule has 1 saturated heterocycles. The van der Waals surface area contributed by atoms with Gasteiger partial charge < -0.3 is 10.2 Å². The molecule has 0 aromatic rings. The largest absolute Gasteiger partial charge is 0.366 e. The van der Waals surface area contributed by atoms with Crippen LogP contribution in [0, 0.1) is 11.8 Å². The van der Waals surface area contributed by atoms with Gasteiger partial charge in [-0.3, -0.25) is 0 Å². The highest BCUT2D eigenvalue weighted by atomic mass is 32.1. The van der Waals surface area contributed by atoms with Gasteiger partial charge in [-0.25, -0.2) is 0 Å². The van der Waals surface area contributed by atoms with Crippen LogP contribution in [0.25, 0.3) is 0 Å². The summed E-state index contributed by atoms with van der Waals surface area (Å²) >= 11 is 5.23. The van der Waals surface area contributed by atoms with Crippen LogP contribution in [0.15, 0.2) is 12.2 Å². The highest BCUT2D eigenvalue weighted by Crippen LogP contribution is 2.32. The molecular formula is C10H16N2S. The minimum atomic E-state index is 0.844. The summed E-state index contributed by atoms with van der Waals surface area (Å²) < 4.78 is 0. The van der Waals surface area contributed by atoms with E-state index in [0.717, 1.165) is 30.0 Å². The van der Waals surface area contributed by atoms with Crippen LogP contribution in [0.4, 0.5) is 0 Å². The molecule has 2 aliphatic rings. The second-order valence-electron chi connectivity index (χ2n) is 3.92. The minimum Gasteiger partial charge on any atom is -0.366 e. The fourth-order valence-electron chi connectivity index (χ4n) is 2.34. The Balaban J connectivity index is 1.98. The van der Waals surface area contributed by atoms with E-state index in [9.17, 15) is 0 Å². The average Bonchev–Trinajstić information content (AvgIpc) is 2.59. The predicted octanol–water partition coefficient (Wildman–Crippen LogP) is 1.39. The molecule has 1 aliphatic carbocycles. The number of nitrogens with zero attached hydrogens (tertiary/aromatic N) is 1. The Morgan fingerprint density at radius 3 is 2.31 bits per heavy atom. The molecule has 1 fully saturated rings. The summed E-state index contributed by atoms with van der Waals surface area (Å²) in [4.78, 5) is 2.30. The average molecular weight is 196 g/mol. The van der Waals surface area contributed by atoms with Crippen molar-refractivity contribution in [3.63, 3.8) is 0 Å². The van der Waals surface area contributed by atoms with Crippen molar-refractivity contribution in [1.82, 2.24) is 10.2 Å². The lowest BCUT2D eigenvalue weighted by Gasteiger charge is -2.18. The predicted molar refractivity (Wildman–Crippen MR) is 58.6 cm³/mol. The third-order valence-corrected chi connectivity index (χ3v) is 3.58. The van der Waals surface area contributed by atoms with Crippen LogP contribution in [0.2, 0.25) is 0 Å². The van der Waals surface area contributed by atoms with Crippen molar-refractivity contribution in [2.45, 2.75) is 12.8 Å². The lowest BCUT2D eigenvalue weighted by molar-refractivity contribution is 0.411. The van der Waals surface area contributed by atoms with Crippen molar-refractivity contribution in [3.8, 4) is 0 Å². The van der Waals surface area contributed by atoms with Crippen molar-refractivity contribution in [2.24, 2.45) is 11.8 Å². The van der Waals surface area contributed by atoms with Crippen molar-refractivity contribution in [3.05, 3.63) is 12.2 Å². The number of thiocarbonyl (C=S) groups is 1. The maximum absolute atomic E-state index is 5.23. The molecule has 0 spiro atoms. The summed E-state index contributed by atoms with van der Waals surface area (Å²) in [7, 11) is 1.91. The Hall–Kier alpha value is -0.570. The Morgan fingerprint density at radius 1 is 1.31 bits per heavy atom. The van der Waals surface area contributed by atoms with Crippen LogP contribution >= 0.6 is 12.2 Å². The van der Waals surface area contributed by atoms with Gasteiger partial charge in [-0.05, 0) is 36.9 Å².